The summed E-state index contributed by atoms with van der Waals surface area (Å²) in [6.07, 6.45) is 8.87. The number of carbonyl (C=O) groups is 2. The number of anilines is 4. The second kappa shape index (κ2) is 15.5. The van der Waals surface area contributed by atoms with Crippen molar-refractivity contribution in [2.75, 3.05) is 22.9 Å². The molecule has 4 nitrogen and oxygen atoms in total. The van der Waals surface area contributed by atoms with E-state index in [1.54, 1.807) is 0 Å². The summed E-state index contributed by atoms with van der Waals surface area (Å²) in [5.41, 5.74) is 7.65. The predicted octanol–water partition coefficient (Wildman–Crippen LogP) is 8.26. The summed E-state index contributed by atoms with van der Waals surface area (Å²) in [6, 6.07) is 38.0. The molecule has 0 spiro atoms. The van der Waals surface area contributed by atoms with Gasteiger partial charge in [0.1, 0.15) is 11.6 Å². The Hall–Kier alpha value is -4.05. The van der Waals surface area contributed by atoms with Gasteiger partial charge in [-0.2, -0.15) is 0 Å². The molecule has 4 aromatic carbocycles. The number of hydrogen-bond donors (Lipinski definition) is 0. The second-order valence-corrected chi connectivity index (χ2v) is 9.40. The zero-order valence-corrected chi connectivity index (χ0v) is 25.3. The monoisotopic (exact) mass is 707 g/mol. The van der Waals surface area contributed by atoms with Gasteiger partial charge in [-0.05, 0) is 61.4 Å². The summed E-state index contributed by atoms with van der Waals surface area (Å²) in [4.78, 5) is 24.7. The van der Waals surface area contributed by atoms with Gasteiger partial charge in [-0.1, -0.05) is 97.1 Å². The van der Waals surface area contributed by atoms with Gasteiger partial charge in [-0.3, -0.25) is 9.59 Å². The van der Waals surface area contributed by atoms with Crippen molar-refractivity contribution in [1.82, 2.24) is 0 Å². The molecule has 0 amide bonds. The maximum absolute atomic E-state index is 10.0. The summed E-state index contributed by atoms with van der Waals surface area (Å²) < 4.78 is 0. The molecule has 0 saturated carbocycles. The first-order chi connectivity index (χ1) is 19.0. The third-order valence-corrected chi connectivity index (χ3v) is 6.26. The Labute approximate surface area is 251 Å². The average molecular weight is 707 g/mol. The van der Waals surface area contributed by atoms with Crippen LogP contribution < -0.4 is 9.80 Å². The van der Waals surface area contributed by atoms with Gasteiger partial charge in [0.2, 0.25) is 0 Å². The molecule has 1 radical (unpaired) electrons. The first kappa shape index (κ1) is 30.5. The molecule has 0 fully saturated rings. The van der Waals surface area contributed by atoms with Crippen LogP contribution in [0.15, 0.2) is 121 Å². The number of para-hydroxylation sites is 4. The Kier molecular flexibility index (Phi) is 11.8. The summed E-state index contributed by atoms with van der Waals surface area (Å²) >= 11 is 0. The molecule has 0 saturated heterocycles. The van der Waals surface area contributed by atoms with Crippen molar-refractivity contribution in [2.45, 2.75) is 20.3 Å². The van der Waals surface area contributed by atoms with Crippen molar-refractivity contribution in [3.8, 4) is 0 Å². The predicted molar refractivity (Wildman–Crippen MR) is 164 cm³/mol. The van der Waals surface area contributed by atoms with E-state index in [2.05, 4.69) is 143 Å². The molecule has 0 bridgehead atoms. The minimum atomic E-state index is -0.0625. The van der Waals surface area contributed by atoms with Gasteiger partial charge in [-0.25, -0.2) is 0 Å². The van der Waals surface area contributed by atoms with Crippen LogP contribution in [0.25, 0.3) is 12.2 Å². The van der Waals surface area contributed by atoms with Crippen LogP contribution in [0.4, 0.5) is 22.7 Å². The summed E-state index contributed by atoms with van der Waals surface area (Å²) in [6.45, 7) is 4.70. The summed E-state index contributed by atoms with van der Waals surface area (Å²) in [5.74, 6) is -0.125. The van der Waals surface area contributed by atoms with Gasteiger partial charge in [-0.15, -0.1) is 0 Å². The van der Waals surface area contributed by atoms with E-state index >= 15 is 0 Å². The normalized spacial score (nSPS) is 12.3. The number of carbonyl (C=O) groups excluding carboxylic acids is 2. The van der Waals surface area contributed by atoms with Crippen LogP contribution in [0.2, 0.25) is 0 Å². The van der Waals surface area contributed by atoms with Gasteiger partial charge in [0.25, 0.3) is 0 Å². The molecule has 0 atom stereocenters. The van der Waals surface area contributed by atoms with E-state index in [9.17, 15) is 9.59 Å². The van der Waals surface area contributed by atoms with Gasteiger partial charge in [0.15, 0.2) is 0 Å². The Balaban J connectivity index is 0.000000177. The van der Waals surface area contributed by atoms with Gasteiger partial charge < -0.3 is 9.80 Å². The van der Waals surface area contributed by atoms with E-state index in [-0.39, 0.29) is 38.1 Å². The van der Waals surface area contributed by atoms with Crippen LogP contribution in [0.3, 0.4) is 0 Å². The standard InChI is InChI=1S/2C15H13N.C5H8O2.Ir/c2*1-2-9-14(10-3-1)16-12-6-8-13-7-4-5-11-15(13)16;1-4(6)3-5(2)7;/h2*1-11H,12H2;3H2,1-2H3;. The topological polar surface area (TPSA) is 40.6 Å². The average Bonchev–Trinajstić information content (AvgIpc) is 2.97. The molecule has 2 heterocycles. The van der Waals surface area contributed by atoms with Crippen LogP contribution in [0.5, 0.6) is 0 Å². The van der Waals surface area contributed by atoms with Crippen molar-refractivity contribution in [1.29, 1.82) is 0 Å². The minimum Gasteiger partial charge on any atom is -0.337 e. The third-order valence-electron chi connectivity index (χ3n) is 6.26. The van der Waals surface area contributed by atoms with Gasteiger partial charge in [0.05, 0.1) is 6.42 Å². The molecule has 0 unspecified atom stereocenters. The zero-order chi connectivity index (χ0) is 27.5. The van der Waals surface area contributed by atoms with E-state index in [1.807, 2.05) is 0 Å². The van der Waals surface area contributed by atoms with Gasteiger partial charge in [0, 0.05) is 55.9 Å². The first-order valence-electron chi connectivity index (χ1n) is 13.2. The molecule has 2 aliphatic heterocycles. The molecule has 6 rings (SSSR count). The molecule has 40 heavy (non-hydrogen) atoms. The first-order valence-corrected chi connectivity index (χ1v) is 13.2. The van der Waals surface area contributed by atoms with Crippen LogP contribution in [-0.4, -0.2) is 24.7 Å². The maximum Gasteiger partial charge on any atom is 0.137 e. The quantitative estimate of drug-likeness (QED) is 0.201. The van der Waals surface area contributed by atoms with E-state index in [1.165, 1.54) is 47.7 Å². The fourth-order valence-corrected chi connectivity index (χ4v) is 4.57. The molecule has 0 aromatic heterocycles. The minimum absolute atomic E-state index is 0. The Morgan fingerprint density at radius 1 is 0.550 bits per heavy atom. The second-order valence-electron chi connectivity index (χ2n) is 9.40. The molecule has 205 valence electrons. The molecular weight excluding hydrogens is 673 g/mol. The molecule has 4 aromatic rings. The van der Waals surface area contributed by atoms with Crippen molar-refractivity contribution < 1.29 is 29.7 Å². The number of benzene rings is 4. The van der Waals surface area contributed by atoms with Crippen LogP contribution >= 0.6 is 0 Å². The SMILES string of the molecule is C1=Cc2ccccc2N(c2ccccc2)C1.C1=Cc2ccccc2N(c2ccccc2)C1.CC(=O)CC(C)=O.[Ir]. The molecule has 0 N–H and O–H groups in total. The molecular formula is C35H34IrN2O2. The maximum atomic E-state index is 10.0. The van der Waals surface area contributed by atoms with Crippen molar-refractivity contribution in [3.63, 3.8) is 0 Å². The van der Waals surface area contributed by atoms with E-state index in [0.29, 0.717) is 0 Å². The Morgan fingerprint density at radius 3 is 1.25 bits per heavy atom. The van der Waals surface area contributed by atoms with Gasteiger partial charge >= 0.3 is 0 Å². The summed E-state index contributed by atoms with van der Waals surface area (Å²) in [7, 11) is 0. The zero-order valence-electron chi connectivity index (χ0n) is 22.9. The third kappa shape index (κ3) is 8.47. The number of nitrogens with zero attached hydrogens (tertiary/aromatic N) is 2. The number of ketones is 2. The van der Waals surface area contributed by atoms with E-state index in [4.69, 9.17) is 0 Å². The largest absolute Gasteiger partial charge is 0.337 e. The Bertz CT molecular complexity index is 1340. The fourth-order valence-electron chi connectivity index (χ4n) is 4.57. The summed E-state index contributed by atoms with van der Waals surface area (Å²) in [5, 5.41) is 0. The van der Waals surface area contributed by atoms with Crippen molar-refractivity contribution >= 4 is 46.5 Å². The molecule has 5 heteroatoms. The number of rotatable bonds is 4. The number of hydrogen-bond acceptors (Lipinski definition) is 4. The Morgan fingerprint density at radius 2 is 0.900 bits per heavy atom. The van der Waals surface area contributed by atoms with E-state index in [0.717, 1.165) is 13.1 Å². The van der Waals surface area contributed by atoms with Crippen molar-refractivity contribution in [3.05, 3.63) is 132 Å². The number of fused-ring (bicyclic) bond motifs is 2. The molecule has 0 aliphatic carbocycles. The van der Waals surface area contributed by atoms with E-state index < -0.39 is 0 Å². The molecule has 2 aliphatic rings. The van der Waals surface area contributed by atoms with Crippen LogP contribution in [0.1, 0.15) is 31.4 Å². The number of Topliss-reactive ketones (excluding diaryl/α,β-unsaturated/α-hetero) is 2. The van der Waals surface area contributed by atoms with Crippen LogP contribution in [0, 0.1) is 0 Å². The smallest absolute Gasteiger partial charge is 0.137 e. The van der Waals surface area contributed by atoms with Crippen LogP contribution in [-0.2, 0) is 29.7 Å². The fraction of sp³-hybridized carbons (Fsp3) is 0.143. The van der Waals surface area contributed by atoms with Crippen molar-refractivity contribution in [2.24, 2.45) is 0 Å².